The molecule has 1 N–H and O–H groups in total. The molecule has 130 valence electrons. The van der Waals surface area contributed by atoms with Gasteiger partial charge >= 0.3 is 0 Å². The van der Waals surface area contributed by atoms with E-state index in [1.165, 1.54) is 0 Å². The molecular formula is C19H20N2O3S. The first-order valence-electron chi connectivity index (χ1n) is 8.04. The highest BCUT2D eigenvalue weighted by Gasteiger charge is 2.17. The number of nitrogens with zero attached hydrogens (tertiary/aromatic N) is 1. The van der Waals surface area contributed by atoms with Crippen LogP contribution in [0.4, 0.5) is 0 Å². The molecule has 0 bridgehead atoms. The van der Waals surface area contributed by atoms with E-state index in [0.717, 1.165) is 21.9 Å². The van der Waals surface area contributed by atoms with Gasteiger partial charge in [0.1, 0.15) is 18.1 Å². The molecule has 2 aromatic heterocycles. The molecule has 0 saturated heterocycles. The number of benzene rings is 1. The van der Waals surface area contributed by atoms with Gasteiger partial charge in [-0.25, -0.2) is 0 Å². The molecule has 25 heavy (non-hydrogen) atoms. The number of aryl methyl sites for hydroxylation is 2. The minimum absolute atomic E-state index is 0.0527. The summed E-state index contributed by atoms with van der Waals surface area (Å²) < 4.78 is 11.0. The summed E-state index contributed by atoms with van der Waals surface area (Å²) in [6.07, 6.45) is 0. The van der Waals surface area contributed by atoms with Crippen molar-refractivity contribution in [1.29, 1.82) is 0 Å². The first-order valence-corrected chi connectivity index (χ1v) is 8.92. The van der Waals surface area contributed by atoms with Gasteiger partial charge in [-0.2, -0.15) is 0 Å². The van der Waals surface area contributed by atoms with Crippen LogP contribution < -0.4 is 10.1 Å². The lowest BCUT2D eigenvalue weighted by molar-refractivity contribution is 0.0936. The van der Waals surface area contributed by atoms with E-state index in [0.29, 0.717) is 17.9 Å². The molecule has 2 heterocycles. The van der Waals surface area contributed by atoms with Gasteiger partial charge in [0.2, 0.25) is 0 Å². The molecule has 0 aliphatic rings. The molecule has 5 nitrogen and oxygen atoms in total. The maximum atomic E-state index is 12.6. The molecule has 3 rings (SSSR count). The quantitative estimate of drug-likeness (QED) is 0.710. The lowest BCUT2D eigenvalue weighted by Gasteiger charge is -2.15. The summed E-state index contributed by atoms with van der Waals surface area (Å²) in [5.74, 6) is 1.11. The van der Waals surface area contributed by atoms with Gasteiger partial charge in [-0.3, -0.25) is 4.79 Å². The van der Waals surface area contributed by atoms with Gasteiger partial charge in [0.15, 0.2) is 0 Å². The Hall–Kier alpha value is -2.60. The standard InChI is InChI=1S/C19H20N2O3S/c1-12-16(14(3)24-21-12)11-23-17-8-5-4-7-15(17)19(22)20-13(2)18-9-6-10-25-18/h4-10,13H,11H2,1-3H3,(H,20,22)/t13-/m0/s1. The molecule has 1 aromatic carbocycles. The summed E-state index contributed by atoms with van der Waals surface area (Å²) >= 11 is 1.62. The number of thiophene rings is 1. The van der Waals surface area contributed by atoms with Gasteiger partial charge in [0, 0.05) is 4.88 Å². The van der Waals surface area contributed by atoms with Crippen molar-refractivity contribution in [2.24, 2.45) is 0 Å². The highest BCUT2D eigenvalue weighted by molar-refractivity contribution is 7.10. The van der Waals surface area contributed by atoms with Crippen LogP contribution in [0, 0.1) is 13.8 Å². The Balaban J connectivity index is 1.73. The average molecular weight is 356 g/mol. The normalized spacial score (nSPS) is 12.0. The number of aromatic nitrogens is 1. The first kappa shape index (κ1) is 17.2. The van der Waals surface area contributed by atoms with Crippen molar-refractivity contribution in [2.75, 3.05) is 0 Å². The Morgan fingerprint density at radius 1 is 1.28 bits per heavy atom. The zero-order chi connectivity index (χ0) is 17.8. The fourth-order valence-corrected chi connectivity index (χ4v) is 3.26. The maximum absolute atomic E-state index is 12.6. The average Bonchev–Trinajstić information content (AvgIpc) is 3.24. The number of nitrogens with one attached hydrogen (secondary N) is 1. The summed E-state index contributed by atoms with van der Waals surface area (Å²) in [7, 11) is 0. The Labute approximate surface area is 150 Å². The number of hydrogen-bond acceptors (Lipinski definition) is 5. The van der Waals surface area contributed by atoms with E-state index in [4.69, 9.17) is 9.26 Å². The third-order valence-corrected chi connectivity index (χ3v) is 5.06. The van der Waals surface area contributed by atoms with E-state index in [-0.39, 0.29) is 11.9 Å². The lowest BCUT2D eigenvalue weighted by atomic mass is 10.1. The lowest BCUT2D eigenvalue weighted by Crippen LogP contribution is -2.26. The molecule has 6 heteroatoms. The van der Waals surface area contributed by atoms with E-state index in [2.05, 4.69) is 10.5 Å². The summed E-state index contributed by atoms with van der Waals surface area (Å²) in [5, 5.41) is 8.93. The molecule has 1 atom stereocenters. The molecule has 0 radical (unpaired) electrons. The fourth-order valence-electron chi connectivity index (χ4n) is 2.52. The van der Waals surface area contributed by atoms with Crippen molar-refractivity contribution in [1.82, 2.24) is 10.5 Å². The van der Waals surface area contributed by atoms with E-state index in [1.807, 2.05) is 50.4 Å². The first-order chi connectivity index (χ1) is 12.1. The van der Waals surface area contributed by atoms with Gasteiger partial charge in [-0.15, -0.1) is 11.3 Å². The number of carbonyl (C=O) groups is 1. The zero-order valence-corrected chi connectivity index (χ0v) is 15.2. The number of rotatable bonds is 6. The van der Waals surface area contributed by atoms with Crippen molar-refractivity contribution in [3.63, 3.8) is 0 Å². The van der Waals surface area contributed by atoms with Crippen LogP contribution in [0.5, 0.6) is 5.75 Å². The summed E-state index contributed by atoms with van der Waals surface area (Å²) in [4.78, 5) is 13.8. The summed E-state index contributed by atoms with van der Waals surface area (Å²) in [6, 6.07) is 11.2. The predicted octanol–water partition coefficient (Wildman–Crippen LogP) is 4.42. The monoisotopic (exact) mass is 356 g/mol. The van der Waals surface area contributed by atoms with Crippen molar-refractivity contribution >= 4 is 17.2 Å². The van der Waals surface area contributed by atoms with Crippen LogP contribution in [0.2, 0.25) is 0 Å². The third kappa shape index (κ3) is 3.91. The van der Waals surface area contributed by atoms with Gasteiger partial charge < -0.3 is 14.6 Å². The molecule has 0 fully saturated rings. The highest BCUT2D eigenvalue weighted by atomic mass is 32.1. The van der Waals surface area contributed by atoms with E-state index >= 15 is 0 Å². The fraction of sp³-hybridized carbons (Fsp3) is 0.263. The molecule has 0 aliphatic heterocycles. The Morgan fingerprint density at radius 3 is 2.76 bits per heavy atom. The van der Waals surface area contributed by atoms with Crippen LogP contribution in [0.25, 0.3) is 0 Å². The second-order valence-electron chi connectivity index (χ2n) is 5.80. The number of para-hydroxylation sites is 1. The van der Waals surface area contributed by atoms with Crippen LogP contribution in [-0.2, 0) is 6.61 Å². The third-order valence-electron chi connectivity index (χ3n) is 4.00. The van der Waals surface area contributed by atoms with Crippen molar-refractivity contribution < 1.29 is 14.1 Å². The number of ether oxygens (including phenoxy) is 1. The Kier molecular flexibility index (Phi) is 5.19. The van der Waals surface area contributed by atoms with Crippen molar-refractivity contribution in [3.8, 4) is 5.75 Å². The highest BCUT2D eigenvalue weighted by Crippen LogP contribution is 2.23. The summed E-state index contributed by atoms with van der Waals surface area (Å²) in [5.41, 5.74) is 2.21. The molecular weight excluding hydrogens is 336 g/mol. The van der Waals surface area contributed by atoms with Crippen LogP contribution in [0.3, 0.4) is 0 Å². The number of hydrogen-bond donors (Lipinski definition) is 1. The van der Waals surface area contributed by atoms with Crippen LogP contribution in [0.1, 0.15) is 45.2 Å². The number of carbonyl (C=O) groups excluding carboxylic acids is 1. The van der Waals surface area contributed by atoms with Gasteiger partial charge in [0.25, 0.3) is 5.91 Å². The van der Waals surface area contributed by atoms with Gasteiger partial charge in [0.05, 0.1) is 22.9 Å². The van der Waals surface area contributed by atoms with E-state index in [9.17, 15) is 4.79 Å². The maximum Gasteiger partial charge on any atom is 0.255 e. The smallest absolute Gasteiger partial charge is 0.255 e. The van der Waals surface area contributed by atoms with E-state index in [1.54, 1.807) is 23.5 Å². The molecule has 3 aromatic rings. The molecule has 0 unspecified atom stereocenters. The number of amides is 1. The molecule has 0 spiro atoms. The minimum atomic E-state index is -0.157. The molecule has 1 amide bonds. The molecule has 0 aliphatic carbocycles. The van der Waals surface area contributed by atoms with Crippen LogP contribution >= 0.6 is 11.3 Å². The summed E-state index contributed by atoms with van der Waals surface area (Å²) in [6.45, 7) is 6.00. The molecule has 0 saturated carbocycles. The Bertz CT molecular complexity index is 836. The zero-order valence-electron chi connectivity index (χ0n) is 14.4. The second-order valence-corrected chi connectivity index (χ2v) is 6.78. The van der Waals surface area contributed by atoms with Gasteiger partial charge in [-0.05, 0) is 44.4 Å². The van der Waals surface area contributed by atoms with Crippen molar-refractivity contribution in [2.45, 2.75) is 33.4 Å². The Morgan fingerprint density at radius 2 is 2.08 bits per heavy atom. The van der Waals surface area contributed by atoms with Gasteiger partial charge in [-0.1, -0.05) is 23.4 Å². The topological polar surface area (TPSA) is 64.4 Å². The minimum Gasteiger partial charge on any atom is -0.488 e. The van der Waals surface area contributed by atoms with E-state index < -0.39 is 0 Å². The van der Waals surface area contributed by atoms with Crippen LogP contribution in [0.15, 0.2) is 46.3 Å². The second kappa shape index (κ2) is 7.53. The predicted molar refractivity (Wildman–Crippen MR) is 97.0 cm³/mol. The SMILES string of the molecule is Cc1noc(C)c1COc1ccccc1C(=O)N[C@@H](C)c1cccs1. The van der Waals surface area contributed by atoms with Crippen LogP contribution in [-0.4, -0.2) is 11.1 Å². The largest absolute Gasteiger partial charge is 0.488 e. The van der Waals surface area contributed by atoms with Crippen molar-refractivity contribution in [3.05, 3.63) is 69.2 Å².